The van der Waals surface area contributed by atoms with Crippen molar-refractivity contribution < 1.29 is 10.0 Å². The molecule has 0 fully saturated rings. The van der Waals surface area contributed by atoms with Crippen molar-refractivity contribution in [1.29, 1.82) is 0 Å². The fraction of sp³-hybridized carbons (Fsp3) is 0.438. The summed E-state index contributed by atoms with van der Waals surface area (Å²) in [5.41, 5.74) is 1.10. The molecule has 0 aliphatic carbocycles. The first kappa shape index (κ1) is 17.1. The molecule has 23 heavy (non-hydrogen) atoms. The maximum absolute atomic E-state index is 10.6. The monoisotopic (exact) mass is 318 g/mol. The summed E-state index contributed by atoms with van der Waals surface area (Å²) in [5, 5.41) is 28.0. The highest BCUT2D eigenvalue weighted by molar-refractivity contribution is 5.21. The summed E-state index contributed by atoms with van der Waals surface area (Å²) >= 11 is 0. The van der Waals surface area contributed by atoms with Crippen LogP contribution in [0.25, 0.3) is 0 Å². The van der Waals surface area contributed by atoms with Gasteiger partial charge in [-0.1, -0.05) is 44.2 Å². The summed E-state index contributed by atoms with van der Waals surface area (Å²) in [6, 6.07) is 10.2. The van der Waals surface area contributed by atoms with Gasteiger partial charge >= 0.3 is 5.69 Å². The zero-order valence-corrected chi connectivity index (χ0v) is 13.3. The lowest BCUT2D eigenvalue weighted by Gasteiger charge is -2.24. The van der Waals surface area contributed by atoms with Crippen LogP contribution in [0.15, 0.2) is 42.7 Å². The molecule has 124 valence electrons. The van der Waals surface area contributed by atoms with Crippen LogP contribution in [0.3, 0.4) is 0 Å². The number of nitrogens with one attached hydrogen (secondary N) is 1. The number of nitrogens with zero attached hydrogens (tertiary/aromatic N) is 3. The van der Waals surface area contributed by atoms with Crippen molar-refractivity contribution in [3.05, 3.63) is 58.4 Å². The zero-order chi connectivity index (χ0) is 16.8. The molecule has 2 atom stereocenters. The van der Waals surface area contributed by atoms with E-state index in [0.29, 0.717) is 12.5 Å². The van der Waals surface area contributed by atoms with Gasteiger partial charge in [-0.3, -0.25) is 14.8 Å². The largest absolute Gasteiger partial charge is 0.390 e. The number of aliphatic hydroxyl groups is 1. The first-order valence-corrected chi connectivity index (χ1v) is 7.60. The summed E-state index contributed by atoms with van der Waals surface area (Å²) in [6.45, 7) is 4.83. The second-order valence-corrected chi connectivity index (χ2v) is 5.87. The molecule has 7 nitrogen and oxygen atoms in total. The van der Waals surface area contributed by atoms with Gasteiger partial charge in [0.05, 0.1) is 17.6 Å². The molecule has 0 bridgehead atoms. The maximum atomic E-state index is 10.6. The van der Waals surface area contributed by atoms with E-state index in [1.165, 1.54) is 22.6 Å². The van der Waals surface area contributed by atoms with Crippen LogP contribution in [0.4, 0.5) is 5.69 Å². The second kappa shape index (κ2) is 7.85. The molecule has 1 heterocycles. The SMILES string of the molecule is CC(C)C(NCC(O)Cn1cc([N+](=O)[O-])cn1)c1ccccc1. The third-order valence-corrected chi connectivity index (χ3v) is 3.63. The van der Waals surface area contributed by atoms with Crippen LogP contribution in [0.1, 0.15) is 25.5 Å². The molecule has 7 heteroatoms. The van der Waals surface area contributed by atoms with Gasteiger partial charge in [0, 0.05) is 12.6 Å². The highest BCUT2D eigenvalue weighted by Crippen LogP contribution is 2.21. The third-order valence-electron chi connectivity index (χ3n) is 3.63. The summed E-state index contributed by atoms with van der Waals surface area (Å²) in [7, 11) is 0. The summed E-state index contributed by atoms with van der Waals surface area (Å²) in [6.07, 6.45) is 1.82. The van der Waals surface area contributed by atoms with Crippen molar-refractivity contribution in [2.75, 3.05) is 6.54 Å². The molecule has 0 saturated heterocycles. The lowest BCUT2D eigenvalue weighted by Crippen LogP contribution is -2.35. The Hall–Kier alpha value is -2.25. The molecule has 0 amide bonds. The van der Waals surface area contributed by atoms with Crippen LogP contribution in [0.5, 0.6) is 0 Å². The Labute approximate surface area is 135 Å². The molecular weight excluding hydrogens is 296 g/mol. The Morgan fingerprint density at radius 3 is 2.61 bits per heavy atom. The number of aromatic nitrogens is 2. The third kappa shape index (κ3) is 4.87. The lowest BCUT2D eigenvalue weighted by molar-refractivity contribution is -0.385. The number of benzene rings is 1. The molecule has 1 aromatic heterocycles. The van der Waals surface area contributed by atoms with Crippen LogP contribution < -0.4 is 5.32 Å². The first-order chi connectivity index (χ1) is 11.0. The summed E-state index contributed by atoms with van der Waals surface area (Å²) < 4.78 is 1.39. The Balaban J connectivity index is 1.91. The van der Waals surface area contributed by atoms with E-state index in [1.54, 1.807) is 0 Å². The van der Waals surface area contributed by atoms with E-state index in [-0.39, 0.29) is 18.3 Å². The van der Waals surface area contributed by atoms with Gasteiger partial charge in [0.2, 0.25) is 0 Å². The van der Waals surface area contributed by atoms with Crippen molar-refractivity contribution in [2.24, 2.45) is 5.92 Å². The van der Waals surface area contributed by atoms with Crippen molar-refractivity contribution in [1.82, 2.24) is 15.1 Å². The molecule has 2 N–H and O–H groups in total. The second-order valence-electron chi connectivity index (χ2n) is 5.87. The number of hydrogen-bond donors (Lipinski definition) is 2. The van der Waals surface area contributed by atoms with Crippen molar-refractivity contribution in [3.8, 4) is 0 Å². The van der Waals surface area contributed by atoms with Crippen LogP contribution in [0.2, 0.25) is 0 Å². The minimum atomic E-state index is -0.681. The van der Waals surface area contributed by atoms with Crippen LogP contribution in [-0.4, -0.2) is 32.5 Å². The van der Waals surface area contributed by atoms with Crippen LogP contribution >= 0.6 is 0 Å². The zero-order valence-electron chi connectivity index (χ0n) is 13.3. The van der Waals surface area contributed by atoms with Gasteiger partial charge in [-0.05, 0) is 11.5 Å². The average molecular weight is 318 g/mol. The number of aliphatic hydroxyl groups excluding tert-OH is 1. The van der Waals surface area contributed by atoms with Gasteiger partial charge in [-0.2, -0.15) is 5.10 Å². The van der Waals surface area contributed by atoms with Gasteiger partial charge in [0.25, 0.3) is 0 Å². The maximum Gasteiger partial charge on any atom is 0.306 e. The lowest BCUT2D eigenvalue weighted by atomic mass is 9.96. The van der Waals surface area contributed by atoms with Gasteiger partial charge in [0.15, 0.2) is 0 Å². The van der Waals surface area contributed by atoms with Crippen molar-refractivity contribution in [2.45, 2.75) is 32.5 Å². The molecule has 1 aromatic carbocycles. The fourth-order valence-corrected chi connectivity index (χ4v) is 2.49. The standard InChI is InChI=1S/C16H22N4O3/c1-12(2)16(13-6-4-3-5-7-13)17-9-15(21)11-19-10-14(8-18-19)20(22)23/h3-8,10,12,15-17,21H,9,11H2,1-2H3. The number of rotatable bonds is 8. The van der Waals surface area contributed by atoms with E-state index in [4.69, 9.17) is 0 Å². The van der Waals surface area contributed by atoms with Crippen LogP contribution in [0, 0.1) is 16.0 Å². The smallest absolute Gasteiger partial charge is 0.306 e. The molecule has 2 aromatic rings. The first-order valence-electron chi connectivity index (χ1n) is 7.60. The van der Waals surface area contributed by atoms with E-state index < -0.39 is 11.0 Å². The molecular formula is C16H22N4O3. The Morgan fingerprint density at radius 2 is 2.04 bits per heavy atom. The fourth-order valence-electron chi connectivity index (χ4n) is 2.49. The van der Waals surface area contributed by atoms with Gasteiger partial charge in [-0.15, -0.1) is 0 Å². The average Bonchev–Trinajstić information content (AvgIpc) is 2.97. The molecule has 0 saturated carbocycles. The van der Waals surface area contributed by atoms with Crippen molar-refractivity contribution in [3.63, 3.8) is 0 Å². The van der Waals surface area contributed by atoms with Crippen molar-refractivity contribution >= 4 is 5.69 Å². The highest BCUT2D eigenvalue weighted by atomic mass is 16.6. The Kier molecular flexibility index (Phi) is 5.84. The molecule has 2 rings (SSSR count). The van der Waals surface area contributed by atoms with E-state index in [1.807, 2.05) is 18.2 Å². The highest BCUT2D eigenvalue weighted by Gasteiger charge is 2.17. The van der Waals surface area contributed by atoms with Gasteiger partial charge in [0.1, 0.15) is 12.4 Å². The van der Waals surface area contributed by atoms with E-state index in [0.717, 1.165) is 0 Å². The summed E-state index contributed by atoms with van der Waals surface area (Å²) in [5.74, 6) is 0.371. The Bertz CT molecular complexity index is 627. The van der Waals surface area contributed by atoms with E-state index >= 15 is 0 Å². The minimum Gasteiger partial charge on any atom is -0.390 e. The van der Waals surface area contributed by atoms with E-state index in [2.05, 4.69) is 36.4 Å². The predicted octanol–water partition coefficient (Wildman–Crippen LogP) is 2.14. The minimum absolute atomic E-state index is 0.0745. The predicted molar refractivity (Wildman–Crippen MR) is 86.9 cm³/mol. The van der Waals surface area contributed by atoms with Gasteiger partial charge < -0.3 is 10.4 Å². The Morgan fingerprint density at radius 1 is 1.35 bits per heavy atom. The topological polar surface area (TPSA) is 93.2 Å². The quantitative estimate of drug-likeness (QED) is 0.574. The number of nitro groups is 1. The van der Waals surface area contributed by atoms with E-state index in [9.17, 15) is 15.2 Å². The number of hydrogen-bond acceptors (Lipinski definition) is 5. The van der Waals surface area contributed by atoms with Gasteiger partial charge in [-0.25, -0.2) is 0 Å². The molecule has 0 spiro atoms. The normalized spacial score (nSPS) is 13.9. The summed E-state index contributed by atoms with van der Waals surface area (Å²) in [4.78, 5) is 10.1. The molecule has 2 unspecified atom stereocenters. The molecule has 0 radical (unpaired) electrons. The van der Waals surface area contributed by atoms with Crippen LogP contribution in [-0.2, 0) is 6.54 Å². The molecule has 0 aliphatic rings. The molecule has 0 aliphatic heterocycles.